The number of carboxylic acids is 1. The molecular weight excluding hydrogens is 289 g/mol. The van der Waals surface area contributed by atoms with E-state index in [1.54, 1.807) is 18.3 Å². The van der Waals surface area contributed by atoms with Crippen LogP contribution in [0.1, 0.15) is 15.9 Å². The Morgan fingerprint density at radius 3 is 2.89 bits per heavy atom. The van der Waals surface area contributed by atoms with Crippen LogP contribution in [0.5, 0.6) is 0 Å². The van der Waals surface area contributed by atoms with Crippen LogP contribution in [0.3, 0.4) is 0 Å². The topological polar surface area (TPSA) is 50.2 Å². The van der Waals surface area contributed by atoms with E-state index in [0.29, 0.717) is 21.4 Å². The molecule has 0 spiro atoms. The Bertz CT molecular complexity index is 621. The number of aromatic carboxylic acids is 1. The normalized spacial score (nSPS) is 10.4. The lowest BCUT2D eigenvalue weighted by molar-refractivity contribution is 0.0696. The highest BCUT2D eigenvalue weighted by molar-refractivity contribution is 7.98. The van der Waals surface area contributed by atoms with Crippen molar-refractivity contribution < 1.29 is 14.3 Å². The van der Waals surface area contributed by atoms with E-state index in [2.05, 4.69) is 4.98 Å². The van der Waals surface area contributed by atoms with Gasteiger partial charge in [-0.05, 0) is 35.9 Å². The van der Waals surface area contributed by atoms with Gasteiger partial charge in [0.05, 0.1) is 10.6 Å². The maximum atomic E-state index is 13.3. The molecule has 0 aliphatic carbocycles. The van der Waals surface area contributed by atoms with E-state index >= 15 is 0 Å². The van der Waals surface area contributed by atoms with E-state index in [1.807, 2.05) is 0 Å². The summed E-state index contributed by atoms with van der Waals surface area (Å²) < 4.78 is 13.3. The van der Waals surface area contributed by atoms with Gasteiger partial charge >= 0.3 is 5.97 Å². The fraction of sp³-hybridized carbons (Fsp3) is 0.0769. The molecule has 0 atom stereocenters. The van der Waals surface area contributed by atoms with Crippen molar-refractivity contribution in [3.05, 3.63) is 58.5 Å². The van der Waals surface area contributed by atoms with Crippen molar-refractivity contribution in [3.8, 4) is 0 Å². The van der Waals surface area contributed by atoms with Crippen molar-refractivity contribution in [2.45, 2.75) is 10.8 Å². The third-order valence-corrected chi connectivity index (χ3v) is 3.80. The molecule has 0 bridgehead atoms. The van der Waals surface area contributed by atoms with E-state index in [9.17, 15) is 9.18 Å². The molecule has 3 nitrogen and oxygen atoms in total. The Kier molecular flexibility index (Phi) is 4.39. The molecule has 0 saturated heterocycles. The summed E-state index contributed by atoms with van der Waals surface area (Å²) in [6.07, 6.45) is 1.61. The van der Waals surface area contributed by atoms with Gasteiger partial charge in [-0.3, -0.25) is 0 Å². The van der Waals surface area contributed by atoms with Crippen molar-refractivity contribution in [2.24, 2.45) is 0 Å². The third kappa shape index (κ3) is 3.68. The highest BCUT2D eigenvalue weighted by Gasteiger charge is 2.08. The third-order valence-electron chi connectivity index (χ3n) is 2.30. The van der Waals surface area contributed by atoms with Crippen LogP contribution in [-0.4, -0.2) is 16.1 Å². The predicted molar refractivity (Wildman–Crippen MR) is 72.2 cm³/mol. The van der Waals surface area contributed by atoms with Gasteiger partial charge in [0.1, 0.15) is 10.8 Å². The molecule has 1 heterocycles. The van der Waals surface area contributed by atoms with Gasteiger partial charge in [0.2, 0.25) is 0 Å². The highest BCUT2D eigenvalue weighted by Crippen LogP contribution is 2.27. The number of hydrogen-bond acceptors (Lipinski definition) is 3. The number of halogens is 2. The zero-order valence-corrected chi connectivity index (χ0v) is 11.2. The average molecular weight is 298 g/mol. The number of rotatable bonds is 4. The summed E-state index contributed by atoms with van der Waals surface area (Å²) >= 11 is 7.28. The Balaban J connectivity index is 2.16. The molecule has 0 aliphatic rings. The van der Waals surface area contributed by atoms with Gasteiger partial charge in [0.25, 0.3) is 0 Å². The summed E-state index contributed by atoms with van der Waals surface area (Å²) in [5.41, 5.74) is 0.506. The zero-order chi connectivity index (χ0) is 13.8. The van der Waals surface area contributed by atoms with E-state index in [1.165, 1.54) is 23.9 Å². The second-order valence-electron chi connectivity index (χ2n) is 3.73. The fourth-order valence-electron chi connectivity index (χ4n) is 1.49. The lowest BCUT2D eigenvalue weighted by atomic mass is 10.1. The van der Waals surface area contributed by atoms with Crippen LogP contribution in [0.2, 0.25) is 5.02 Å². The number of carboxylic acid groups (broad SMARTS) is 1. The lowest BCUT2D eigenvalue weighted by Gasteiger charge is -2.04. The number of hydrogen-bond donors (Lipinski definition) is 1. The maximum absolute atomic E-state index is 13.3. The minimum absolute atomic E-state index is 0.0669. The molecular formula is C13H9ClFNO2S. The summed E-state index contributed by atoms with van der Waals surface area (Å²) in [6.45, 7) is 0. The molecule has 19 heavy (non-hydrogen) atoms. The maximum Gasteiger partial charge on any atom is 0.335 e. The monoisotopic (exact) mass is 297 g/mol. The zero-order valence-electron chi connectivity index (χ0n) is 9.64. The van der Waals surface area contributed by atoms with Gasteiger partial charge in [0.15, 0.2) is 0 Å². The molecule has 0 unspecified atom stereocenters. The minimum atomic E-state index is -1.15. The second-order valence-corrected chi connectivity index (χ2v) is 5.10. The molecule has 2 rings (SSSR count). The summed E-state index contributed by atoms with van der Waals surface area (Å²) in [5, 5.41) is 10.0. The van der Waals surface area contributed by atoms with Crippen LogP contribution in [0.4, 0.5) is 4.39 Å². The van der Waals surface area contributed by atoms with Crippen molar-refractivity contribution >= 4 is 29.3 Å². The molecule has 0 radical (unpaired) electrons. The molecule has 0 amide bonds. The molecule has 98 valence electrons. The number of thioether (sulfide) groups is 1. The van der Waals surface area contributed by atoms with E-state index < -0.39 is 11.8 Å². The first-order valence-corrected chi connectivity index (χ1v) is 6.68. The number of carbonyl (C=O) groups is 1. The Labute approximate surface area is 118 Å². The Morgan fingerprint density at radius 1 is 1.42 bits per heavy atom. The van der Waals surface area contributed by atoms with E-state index in [0.717, 1.165) is 6.07 Å². The van der Waals surface area contributed by atoms with Crippen LogP contribution < -0.4 is 0 Å². The molecule has 0 saturated carbocycles. The second kappa shape index (κ2) is 6.04. The molecule has 0 aliphatic heterocycles. The molecule has 1 aromatic carbocycles. The van der Waals surface area contributed by atoms with Gasteiger partial charge in [-0.2, -0.15) is 0 Å². The number of nitrogens with zero attached hydrogens (tertiary/aromatic N) is 1. The number of benzene rings is 1. The SMILES string of the molecule is O=C(O)c1cc(F)cc(CSc2ncccc2Cl)c1. The predicted octanol–water partition coefficient (Wildman–Crippen LogP) is 3.86. The van der Waals surface area contributed by atoms with Crippen molar-refractivity contribution in [1.29, 1.82) is 0 Å². The Morgan fingerprint density at radius 2 is 2.21 bits per heavy atom. The standard InChI is InChI=1S/C13H9ClFNO2S/c14-11-2-1-3-16-12(11)19-7-8-4-9(13(17)18)6-10(15)5-8/h1-6H,7H2,(H,17,18). The molecule has 6 heteroatoms. The van der Waals surface area contributed by atoms with Gasteiger partial charge in [0, 0.05) is 11.9 Å². The number of pyridine rings is 1. The highest BCUT2D eigenvalue weighted by atomic mass is 35.5. The summed E-state index contributed by atoms with van der Waals surface area (Å²) in [5.74, 6) is -1.32. The van der Waals surface area contributed by atoms with Gasteiger partial charge in [-0.25, -0.2) is 14.2 Å². The van der Waals surface area contributed by atoms with Gasteiger partial charge in [-0.1, -0.05) is 11.6 Å². The fourth-order valence-corrected chi connectivity index (χ4v) is 2.58. The van der Waals surface area contributed by atoms with Crippen molar-refractivity contribution in [1.82, 2.24) is 4.98 Å². The van der Waals surface area contributed by atoms with Crippen molar-refractivity contribution in [3.63, 3.8) is 0 Å². The quantitative estimate of drug-likeness (QED) is 0.871. The van der Waals surface area contributed by atoms with E-state index in [4.69, 9.17) is 16.7 Å². The first kappa shape index (κ1) is 13.8. The molecule has 2 aromatic rings. The van der Waals surface area contributed by atoms with Crippen LogP contribution in [0, 0.1) is 5.82 Å². The first-order chi connectivity index (χ1) is 9.06. The van der Waals surface area contributed by atoms with Crippen molar-refractivity contribution in [2.75, 3.05) is 0 Å². The van der Waals surface area contributed by atoms with Gasteiger partial charge < -0.3 is 5.11 Å². The number of aromatic nitrogens is 1. The summed E-state index contributed by atoms with van der Waals surface area (Å²) in [6, 6.07) is 7.16. The van der Waals surface area contributed by atoms with E-state index in [-0.39, 0.29) is 5.56 Å². The largest absolute Gasteiger partial charge is 0.478 e. The smallest absolute Gasteiger partial charge is 0.335 e. The molecule has 1 N–H and O–H groups in total. The molecule has 1 aromatic heterocycles. The average Bonchev–Trinajstić information content (AvgIpc) is 2.37. The lowest BCUT2D eigenvalue weighted by Crippen LogP contribution is -1.98. The summed E-state index contributed by atoms with van der Waals surface area (Å²) in [7, 11) is 0. The van der Waals surface area contributed by atoms with Crippen LogP contribution >= 0.6 is 23.4 Å². The minimum Gasteiger partial charge on any atom is -0.478 e. The van der Waals surface area contributed by atoms with Gasteiger partial charge in [-0.15, -0.1) is 11.8 Å². The van der Waals surface area contributed by atoms with Crippen LogP contribution in [0.25, 0.3) is 0 Å². The Hall–Kier alpha value is -1.59. The first-order valence-electron chi connectivity index (χ1n) is 5.32. The van der Waals surface area contributed by atoms with Crippen LogP contribution in [0.15, 0.2) is 41.6 Å². The summed E-state index contributed by atoms with van der Waals surface area (Å²) in [4.78, 5) is 14.9. The molecule has 0 fully saturated rings. The van der Waals surface area contributed by atoms with Crippen LogP contribution in [-0.2, 0) is 5.75 Å².